The molecule has 0 atom stereocenters. The number of aromatic nitrogens is 1. The van der Waals surface area contributed by atoms with Crippen LogP contribution in [0.25, 0.3) is 23.1 Å². The second-order valence-electron chi connectivity index (χ2n) is 6.63. The van der Waals surface area contributed by atoms with Gasteiger partial charge in [-0.3, -0.25) is 0 Å². The van der Waals surface area contributed by atoms with Gasteiger partial charge in [-0.15, -0.1) is 0 Å². The van der Waals surface area contributed by atoms with Crippen LogP contribution in [0.2, 0.25) is 0 Å². The topological polar surface area (TPSA) is 12.9 Å². The molecule has 0 N–H and O–H groups in total. The molecule has 1 heteroatoms. The van der Waals surface area contributed by atoms with Gasteiger partial charge in [-0.05, 0) is 34.8 Å². The first-order chi connectivity index (χ1) is 10.5. The standard InChI is InChI=1S/C21H21N/c1-21(2,3)18-12-8-16(9-13-18)10-14-19-15-11-17-6-4-5-7-20(17)22-19/h4-15H,1-3H3/b14-10+. The van der Waals surface area contributed by atoms with Gasteiger partial charge in [0.05, 0.1) is 11.2 Å². The van der Waals surface area contributed by atoms with Crippen LogP contribution in [-0.4, -0.2) is 4.98 Å². The van der Waals surface area contributed by atoms with Crippen LogP contribution >= 0.6 is 0 Å². The van der Waals surface area contributed by atoms with Gasteiger partial charge in [-0.2, -0.15) is 0 Å². The monoisotopic (exact) mass is 287 g/mol. The summed E-state index contributed by atoms with van der Waals surface area (Å²) in [5, 5.41) is 1.18. The van der Waals surface area contributed by atoms with Crippen LogP contribution < -0.4 is 0 Å². The molecule has 3 aromatic rings. The third kappa shape index (κ3) is 3.25. The molecule has 0 fully saturated rings. The largest absolute Gasteiger partial charge is 0.248 e. The van der Waals surface area contributed by atoms with Gasteiger partial charge in [-0.25, -0.2) is 4.98 Å². The van der Waals surface area contributed by atoms with Crippen LogP contribution in [0, 0.1) is 0 Å². The van der Waals surface area contributed by atoms with Crippen LogP contribution in [0.4, 0.5) is 0 Å². The molecule has 1 aromatic heterocycles. The van der Waals surface area contributed by atoms with Crippen molar-refractivity contribution in [1.82, 2.24) is 4.98 Å². The van der Waals surface area contributed by atoms with Crippen molar-refractivity contribution in [3.63, 3.8) is 0 Å². The highest BCUT2D eigenvalue weighted by Gasteiger charge is 2.12. The SMILES string of the molecule is CC(C)(C)c1ccc(/C=C/c2ccc3ccccc3n2)cc1. The highest BCUT2D eigenvalue weighted by molar-refractivity contribution is 5.80. The van der Waals surface area contributed by atoms with E-state index >= 15 is 0 Å². The Morgan fingerprint density at radius 1 is 0.773 bits per heavy atom. The molecule has 110 valence electrons. The molecule has 22 heavy (non-hydrogen) atoms. The zero-order valence-corrected chi connectivity index (χ0v) is 13.4. The maximum atomic E-state index is 4.66. The van der Waals surface area contributed by atoms with Crippen molar-refractivity contribution in [2.24, 2.45) is 0 Å². The Morgan fingerprint density at radius 2 is 1.50 bits per heavy atom. The lowest BCUT2D eigenvalue weighted by Gasteiger charge is -2.18. The minimum Gasteiger partial charge on any atom is -0.248 e. The van der Waals surface area contributed by atoms with Crippen LogP contribution in [0.5, 0.6) is 0 Å². The van der Waals surface area contributed by atoms with Gasteiger partial charge < -0.3 is 0 Å². The number of para-hydroxylation sites is 1. The van der Waals surface area contributed by atoms with E-state index < -0.39 is 0 Å². The van der Waals surface area contributed by atoms with E-state index in [4.69, 9.17) is 0 Å². The van der Waals surface area contributed by atoms with E-state index in [1.165, 1.54) is 16.5 Å². The van der Waals surface area contributed by atoms with E-state index in [0.717, 1.165) is 11.2 Å². The summed E-state index contributed by atoms with van der Waals surface area (Å²) in [5.41, 5.74) is 4.77. The molecule has 0 aliphatic rings. The molecular weight excluding hydrogens is 266 g/mol. The van der Waals surface area contributed by atoms with Gasteiger partial charge in [0.15, 0.2) is 0 Å². The fraction of sp³-hybridized carbons (Fsp3) is 0.190. The molecule has 1 heterocycles. The lowest BCUT2D eigenvalue weighted by Crippen LogP contribution is -2.10. The molecule has 0 radical (unpaired) electrons. The quantitative estimate of drug-likeness (QED) is 0.589. The van der Waals surface area contributed by atoms with Gasteiger partial charge in [0.25, 0.3) is 0 Å². The summed E-state index contributed by atoms with van der Waals surface area (Å²) in [6, 6.07) is 21.1. The van der Waals surface area contributed by atoms with Crippen molar-refractivity contribution in [3.05, 3.63) is 77.5 Å². The van der Waals surface area contributed by atoms with Gasteiger partial charge in [0.2, 0.25) is 0 Å². The van der Waals surface area contributed by atoms with Crippen molar-refractivity contribution in [1.29, 1.82) is 0 Å². The summed E-state index contributed by atoms with van der Waals surface area (Å²) in [7, 11) is 0. The van der Waals surface area contributed by atoms with Crippen LogP contribution in [-0.2, 0) is 5.41 Å². The molecule has 0 saturated heterocycles. The number of rotatable bonds is 2. The summed E-state index contributed by atoms with van der Waals surface area (Å²) in [4.78, 5) is 4.66. The summed E-state index contributed by atoms with van der Waals surface area (Å²) in [5.74, 6) is 0. The second kappa shape index (κ2) is 5.76. The van der Waals surface area contributed by atoms with E-state index in [1.54, 1.807) is 0 Å². The van der Waals surface area contributed by atoms with E-state index in [0.29, 0.717) is 0 Å². The molecule has 0 unspecified atom stereocenters. The van der Waals surface area contributed by atoms with Gasteiger partial charge in [0.1, 0.15) is 0 Å². The first-order valence-electron chi connectivity index (χ1n) is 7.67. The van der Waals surface area contributed by atoms with Gasteiger partial charge in [-0.1, -0.05) is 75.4 Å². The summed E-state index contributed by atoms with van der Waals surface area (Å²) < 4.78 is 0. The highest BCUT2D eigenvalue weighted by Crippen LogP contribution is 2.22. The normalized spacial score (nSPS) is 12.1. The third-order valence-corrected chi connectivity index (χ3v) is 3.84. The van der Waals surface area contributed by atoms with Crippen LogP contribution in [0.3, 0.4) is 0 Å². The summed E-state index contributed by atoms with van der Waals surface area (Å²) in [6.45, 7) is 6.70. The van der Waals surface area contributed by atoms with Crippen molar-refractivity contribution in [2.75, 3.05) is 0 Å². The number of fused-ring (bicyclic) bond motifs is 1. The average molecular weight is 287 g/mol. The Hall–Kier alpha value is -2.41. The first-order valence-corrected chi connectivity index (χ1v) is 7.67. The van der Waals surface area contributed by atoms with E-state index in [2.05, 4.69) is 80.4 Å². The molecule has 0 bridgehead atoms. The average Bonchev–Trinajstić information content (AvgIpc) is 2.52. The second-order valence-corrected chi connectivity index (χ2v) is 6.63. The van der Waals surface area contributed by atoms with Crippen LogP contribution in [0.15, 0.2) is 60.7 Å². The Balaban J connectivity index is 1.83. The van der Waals surface area contributed by atoms with Gasteiger partial charge >= 0.3 is 0 Å². The van der Waals surface area contributed by atoms with E-state index in [-0.39, 0.29) is 5.41 Å². The Kier molecular flexibility index (Phi) is 3.81. The molecule has 0 spiro atoms. The molecule has 1 nitrogen and oxygen atoms in total. The molecule has 0 aliphatic heterocycles. The Bertz CT molecular complexity index is 805. The summed E-state index contributed by atoms with van der Waals surface area (Å²) >= 11 is 0. The summed E-state index contributed by atoms with van der Waals surface area (Å²) in [6.07, 6.45) is 4.18. The van der Waals surface area contributed by atoms with Crippen molar-refractivity contribution < 1.29 is 0 Å². The number of benzene rings is 2. The van der Waals surface area contributed by atoms with E-state index in [1.807, 2.05) is 18.2 Å². The number of nitrogens with zero attached hydrogens (tertiary/aromatic N) is 1. The number of hydrogen-bond acceptors (Lipinski definition) is 1. The van der Waals surface area contributed by atoms with Crippen molar-refractivity contribution >= 4 is 23.1 Å². The Morgan fingerprint density at radius 3 is 2.23 bits per heavy atom. The number of pyridine rings is 1. The zero-order valence-electron chi connectivity index (χ0n) is 13.4. The molecular formula is C21H21N. The lowest BCUT2D eigenvalue weighted by molar-refractivity contribution is 0.590. The lowest BCUT2D eigenvalue weighted by atomic mass is 9.87. The minimum atomic E-state index is 0.197. The van der Waals surface area contributed by atoms with Crippen LogP contribution in [0.1, 0.15) is 37.6 Å². The fourth-order valence-electron chi connectivity index (χ4n) is 2.45. The minimum absolute atomic E-state index is 0.197. The maximum Gasteiger partial charge on any atom is 0.0709 e. The molecule has 0 aliphatic carbocycles. The third-order valence-electron chi connectivity index (χ3n) is 3.84. The predicted octanol–water partition coefficient (Wildman–Crippen LogP) is 5.70. The zero-order chi connectivity index (χ0) is 15.6. The molecule has 3 rings (SSSR count). The smallest absolute Gasteiger partial charge is 0.0709 e. The molecule has 2 aromatic carbocycles. The maximum absolute atomic E-state index is 4.66. The fourth-order valence-corrected chi connectivity index (χ4v) is 2.45. The molecule has 0 amide bonds. The highest BCUT2D eigenvalue weighted by atomic mass is 14.7. The number of hydrogen-bond donors (Lipinski definition) is 0. The predicted molar refractivity (Wildman–Crippen MR) is 95.8 cm³/mol. The van der Waals surface area contributed by atoms with E-state index in [9.17, 15) is 0 Å². The van der Waals surface area contributed by atoms with Crippen molar-refractivity contribution in [2.45, 2.75) is 26.2 Å². The Labute approximate surface area is 132 Å². The molecule has 0 saturated carbocycles. The van der Waals surface area contributed by atoms with Gasteiger partial charge in [0, 0.05) is 5.39 Å². The van der Waals surface area contributed by atoms with Crippen molar-refractivity contribution in [3.8, 4) is 0 Å². The first kappa shape index (κ1) is 14.5.